The maximum absolute atomic E-state index is 5.66. The van der Waals surface area contributed by atoms with Crippen molar-refractivity contribution in [2.45, 2.75) is 46.6 Å². The molecule has 1 N–H and O–H groups in total. The van der Waals surface area contributed by atoms with E-state index < -0.39 is 0 Å². The summed E-state index contributed by atoms with van der Waals surface area (Å²) in [5.74, 6) is 0.987. The van der Waals surface area contributed by atoms with Gasteiger partial charge < -0.3 is 19.5 Å². The van der Waals surface area contributed by atoms with Gasteiger partial charge in [-0.15, -0.1) is 0 Å². The number of aliphatic imine (C=N–C) groups is 1. The highest BCUT2D eigenvalue weighted by atomic mass is 16.5. The summed E-state index contributed by atoms with van der Waals surface area (Å²) >= 11 is 0. The van der Waals surface area contributed by atoms with E-state index in [2.05, 4.69) is 65.3 Å². The maximum atomic E-state index is 5.66. The van der Waals surface area contributed by atoms with Crippen molar-refractivity contribution >= 4 is 5.96 Å². The molecule has 0 radical (unpaired) electrons. The van der Waals surface area contributed by atoms with Gasteiger partial charge in [0, 0.05) is 45.3 Å². The second kappa shape index (κ2) is 11.0. The lowest BCUT2D eigenvalue weighted by Crippen LogP contribution is -2.52. The first-order chi connectivity index (χ1) is 14.1. The van der Waals surface area contributed by atoms with Crippen molar-refractivity contribution in [3.8, 4) is 0 Å². The summed E-state index contributed by atoms with van der Waals surface area (Å²) in [5, 5.41) is 7.45. The number of hydrogen-bond acceptors (Lipinski definition) is 5. The number of ether oxygens (including phenoxy) is 1. The number of nitrogens with zero attached hydrogens (tertiary/aromatic N) is 4. The molecule has 2 aromatic rings. The molecule has 1 fully saturated rings. The summed E-state index contributed by atoms with van der Waals surface area (Å²) in [5.41, 5.74) is 3.39. The van der Waals surface area contributed by atoms with Crippen LogP contribution in [-0.2, 0) is 24.4 Å². The van der Waals surface area contributed by atoms with Crippen LogP contribution in [0.3, 0.4) is 0 Å². The lowest BCUT2D eigenvalue weighted by Gasteiger charge is -2.36. The van der Waals surface area contributed by atoms with Crippen LogP contribution in [0.4, 0.5) is 0 Å². The molecule has 2 heterocycles. The van der Waals surface area contributed by atoms with Gasteiger partial charge in [-0.05, 0) is 31.9 Å². The van der Waals surface area contributed by atoms with E-state index in [-0.39, 0.29) is 6.10 Å². The Kier molecular flexibility index (Phi) is 8.07. The molecule has 0 unspecified atom stereocenters. The van der Waals surface area contributed by atoms with Crippen LogP contribution in [0.25, 0.3) is 0 Å². The highest BCUT2D eigenvalue weighted by molar-refractivity contribution is 5.80. The molecule has 158 valence electrons. The monoisotopic (exact) mass is 399 g/mol. The zero-order valence-corrected chi connectivity index (χ0v) is 17.8. The molecule has 0 aliphatic carbocycles. The van der Waals surface area contributed by atoms with Crippen molar-refractivity contribution in [2.75, 3.05) is 32.7 Å². The van der Waals surface area contributed by atoms with Crippen molar-refractivity contribution in [3.63, 3.8) is 0 Å². The molecule has 3 rings (SSSR count). The first-order valence-electron chi connectivity index (χ1n) is 10.5. The van der Waals surface area contributed by atoms with Crippen molar-refractivity contribution in [1.82, 2.24) is 20.3 Å². The van der Waals surface area contributed by atoms with Gasteiger partial charge in [0.25, 0.3) is 0 Å². The molecular formula is C22H33N5O2. The Balaban J connectivity index is 1.52. The van der Waals surface area contributed by atoms with Gasteiger partial charge in [-0.25, -0.2) is 4.99 Å². The van der Waals surface area contributed by atoms with E-state index in [0.29, 0.717) is 13.2 Å². The summed E-state index contributed by atoms with van der Waals surface area (Å²) in [6, 6.07) is 10.5. The fourth-order valence-corrected chi connectivity index (χ4v) is 3.26. The summed E-state index contributed by atoms with van der Waals surface area (Å²) in [6.07, 6.45) is 1.88. The number of rotatable bonds is 8. The Morgan fingerprint density at radius 2 is 1.86 bits per heavy atom. The van der Waals surface area contributed by atoms with E-state index in [0.717, 1.165) is 50.9 Å². The van der Waals surface area contributed by atoms with Crippen LogP contribution in [0.2, 0.25) is 0 Å². The molecule has 1 saturated heterocycles. The van der Waals surface area contributed by atoms with Crippen LogP contribution < -0.4 is 5.32 Å². The highest BCUT2D eigenvalue weighted by Gasteiger charge is 2.20. The molecule has 1 aromatic carbocycles. The molecule has 1 aliphatic heterocycles. The molecule has 7 nitrogen and oxygen atoms in total. The van der Waals surface area contributed by atoms with Crippen LogP contribution in [0.5, 0.6) is 0 Å². The summed E-state index contributed by atoms with van der Waals surface area (Å²) in [7, 11) is 0. The number of nitrogens with one attached hydrogen (secondary N) is 1. The molecule has 1 aromatic heterocycles. The van der Waals surface area contributed by atoms with E-state index in [9.17, 15) is 0 Å². The minimum absolute atomic E-state index is 0.248. The van der Waals surface area contributed by atoms with Crippen LogP contribution in [0, 0.1) is 0 Å². The Bertz CT molecular complexity index is 735. The molecule has 0 bridgehead atoms. The summed E-state index contributed by atoms with van der Waals surface area (Å²) in [6.45, 7) is 13.1. The van der Waals surface area contributed by atoms with Crippen LogP contribution in [0.1, 0.15) is 37.6 Å². The third-order valence-corrected chi connectivity index (χ3v) is 4.90. The number of benzene rings is 1. The quantitative estimate of drug-likeness (QED) is 0.544. The topological polar surface area (TPSA) is 66.1 Å². The van der Waals surface area contributed by atoms with Crippen LogP contribution in [-0.4, -0.2) is 59.7 Å². The van der Waals surface area contributed by atoms with Gasteiger partial charge >= 0.3 is 0 Å². The Hall–Kier alpha value is -2.38. The Morgan fingerprint density at radius 3 is 2.48 bits per heavy atom. The zero-order valence-electron chi connectivity index (χ0n) is 17.8. The molecule has 1 aliphatic rings. The fourth-order valence-electron chi connectivity index (χ4n) is 3.26. The van der Waals surface area contributed by atoms with Crippen molar-refractivity contribution in [1.29, 1.82) is 0 Å². The number of guanidine groups is 1. The SMILES string of the molecule is CCNC(=NCc1ccc(COC(C)C)cc1)N1CCN(Cc2ccon2)CC1. The first-order valence-corrected chi connectivity index (χ1v) is 10.5. The lowest BCUT2D eigenvalue weighted by molar-refractivity contribution is 0.0657. The molecule has 0 saturated carbocycles. The third-order valence-electron chi connectivity index (χ3n) is 4.90. The van der Waals surface area contributed by atoms with Gasteiger partial charge in [0.1, 0.15) is 6.26 Å². The zero-order chi connectivity index (χ0) is 20.5. The fraction of sp³-hybridized carbons (Fsp3) is 0.545. The lowest BCUT2D eigenvalue weighted by atomic mass is 10.1. The van der Waals surface area contributed by atoms with Gasteiger partial charge in [0.15, 0.2) is 5.96 Å². The molecule has 0 spiro atoms. The van der Waals surface area contributed by atoms with Gasteiger partial charge in [0.05, 0.1) is 24.9 Å². The second-order valence-electron chi connectivity index (χ2n) is 7.60. The molecule has 7 heteroatoms. The van der Waals surface area contributed by atoms with E-state index in [1.807, 2.05) is 6.07 Å². The average Bonchev–Trinajstić information content (AvgIpc) is 3.24. The van der Waals surface area contributed by atoms with Gasteiger partial charge in [-0.3, -0.25) is 4.90 Å². The van der Waals surface area contributed by atoms with Crippen LogP contribution >= 0.6 is 0 Å². The van der Waals surface area contributed by atoms with Gasteiger partial charge in [-0.1, -0.05) is 29.4 Å². The maximum Gasteiger partial charge on any atom is 0.194 e. The Labute approximate surface area is 173 Å². The van der Waals surface area contributed by atoms with Crippen molar-refractivity contribution in [3.05, 3.63) is 53.4 Å². The standard InChI is InChI=1S/C22H33N5O2/c1-4-23-22(24-15-19-5-7-20(8-6-19)17-28-18(2)3)27-12-10-26(11-13-27)16-21-9-14-29-25-21/h5-9,14,18H,4,10-13,15-17H2,1-3H3,(H,23,24). The minimum Gasteiger partial charge on any atom is -0.374 e. The highest BCUT2D eigenvalue weighted by Crippen LogP contribution is 2.10. The Morgan fingerprint density at radius 1 is 1.14 bits per heavy atom. The van der Waals surface area contributed by atoms with E-state index in [1.165, 1.54) is 11.1 Å². The third kappa shape index (κ3) is 6.87. The molecular weight excluding hydrogens is 366 g/mol. The molecule has 0 atom stereocenters. The predicted molar refractivity (Wildman–Crippen MR) is 115 cm³/mol. The summed E-state index contributed by atoms with van der Waals surface area (Å²) < 4.78 is 10.6. The second-order valence-corrected chi connectivity index (χ2v) is 7.60. The first kappa shape index (κ1) is 21.3. The van der Waals surface area contributed by atoms with Gasteiger partial charge in [-0.2, -0.15) is 0 Å². The van der Waals surface area contributed by atoms with E-state index in [4.69, 9.17) is 14.3 Å². The van der Waals surface area contributed by atoms with E-state index >= 15 is 0 Å². The predicted octanol–water partition coefficient (Wildman–Crippen LogP) is 2.88. The number of piperazine rings is 1. The summed E-state index contributed by atoms with van der Waals surface area (Å²) in [4.78, 5) is 9.61. The van der Waals surface area contributed by atoms with E-state index in [1.54, 1.807) is 6.26 Å². The number of hydrogen-bond donors (Lipinski definition) is 1. The molecule has 29 heavy (non-hydrogen) atoms. The normalized spacial score (nSPS) is 15.9. The number of aromatic nitrogens is 1. The van der Waals surface area contributed by atoms with Gasteiger partial charge in [0.2, 0.25) is 0 Å². The van der Waals surface area contributed by atoms with Crippen molar-refractivity contribution in [2.24, 2.45) is 4.99 Å². The largest absolute Gasteiger partial charge is 0.374 e. The van der Waals surface area contributed by atoms with Crippen molar-refractivity contribution < 1.29 is 9.26 Å². The van der Waals surface area contributed by atoms with Crippen LogP contribution in [0.15, 0.2) is 46.1 Å². The minimum atomic E-state index is 0.248. The smallest absolute Gasteiger partial charge is 0.194 e. The molecule has 0 amide bonds. The average molecular weight is 400 g/mol.